The summed E-state index contributed by atoms with van der Waals surface area (Å²) < 4.78 is 5.48. The summed E-state index contributed by atoms with van der Waals surface area (Å²) in [7, 11) is 0. The molecule has 0 aliphatic rings. The zero-order chi connectivity index (χ0) is 17.8. The van der Waals surface area contributed by atoms with Crippen LogP contribution in [0.3, 0.4) is 0 Å². The summed E-state index contributed by atoms with van der Waals surface area (Å²) in [4.78, 5) is 25.7. The minimum Gasteiger partial charge on any atom is -0.464 e. The molecule has 0 saturated heterocycles. The highest BCUT2D eigenvalue weighted by Gasteiger charge is 2.18. The standard InChI is InChI=1S/C16H14N6O2S/c1-10-2-4-12(24-10)9-22(15(18)23)16-21-8-13(25-16)5-3-11-6-19-14(17)20-7-11/h2,4,6-8H,9H2,1H3,(H2,18,23)(H2,17,19,20). The van der Waals surface area contributed by atoms with Gasteiger partial charge in [0.15, 0.2) is 5.13 Å². The average molecular weight is 354 g/mol. The molecule has 0 aliphatic carbocycles. The van der Waals surface area contributed by atoms with Gasteiger partial charge >= 0.3 is 6.03 Å². The first kappa shape index (κ1) is 16.5. The lowest BCUT2D eigenvalue weighted by Gasteiger charge is -2.15. The predicted octanol–water partition coefficient (Wildman–Crippen LogP) is 1.90. The lowest BCUT2D eigenvalue weighted by atomic mass is 10.3. The van der Waals surface area contributed by atoms with Gasteiger partial charge < -0.3 is 15.9 Å². The van der Waals surface area contributed by atoms with Gasteiger partial charge in [0.1, 0.15) is 11.5 Å². The van der Waals surface area contributed by atoms with E-state index >= 15 is 0 Å². The van der Waals surface area contributed by atoms with E-state index in [0.29, 0.717) is 21.3 Å². The van der Waals surface area contributed by atoms with Crippen molar-refractivity contribution in [1.29, 1.82) is 0 Å². The normalized spacial score (nSPS) is 10.1. The minimum atomic E-state index is -0.616. The fourth-order valence-corrected chi connectivity index (χ4v) is 2.72. The van der Waals surface area contributed by atoms with Gasteiger partial charge in [-0.15, -0.1) is 0 Å². The van der Waals surface area contributed by atoms with Crippen molar-refractivity contribution in [2.75, 3.05) is 10.6 Å². The first-order valence-electron chi connectivity index (χ1n) is 7.19. The molecule has 0 spiro atoms. The maximum Gasteiger partial charge on any atom is 0.321 e. The molecule has 0 bridgehead atoms. The summed E-state index contributed by atoms with van der Waals surface area (Å²) in [6.07, 6.45) is 4.65. The number of carbonyl (C=O) groups excluding carboxylic acids is 1. The molecule has 3 aromatic rings. The molecule has 126 valence electrons. The van der Waals surface area contributed by atoms with Gasteiger partial charge in [-0.3, -0.25) is 4.90 Å². The van der Waals surface area contributed by atoms with E-state index in [2.05, 4.69) is 26.8 Å². The van der Waals surface area contributed by atoms with Crippen LogP contribution >= 0.6 is 11.3 Å². The van der Waals surface area contributed by atoms with E-state index in [1.165, 1.54) is 28.6 Å². The van der Waals surface area contributed by atoms with Crippen molar-refractivity contribution < 1.29 is 9.21 Å². The summed E-state index contributed by atoms with van der Waals surface area (Å²) in [6.45, 7) is 2.03. The Bertz CT molecular complexity index is 951. The number of nitrogens with zero attached hydrogens (tertiary/aromatic N) is 4. The number of aromatic nitrogens is 3. The van der Waals surface area contributed by atoms with Crippen LogP contribution in [0.15, 0.2) is 35.1 Å². The minimum absolute atomic E-state index is 0.191. The number of primary amides is 1. The Morgan fingerprint density at radius 2 is 2.00 bits per heavy atom. The van der Waals surface area contributed by atoms with E-state index in [0.717, 1.165) is 5.76 Å². The van der Waals surface area contributed by atoms with Crippen LogP contribution in [0.2, 0.25) is 0 Å². The Labute approximate surface area is 147 Å². The number of anilines is 2. The number of nitrogens with two attached hydrogens (primary N) is 2. The Balaban J connectivity index is 1.78. The second kappa shape index (κ2) is 7.02. The quantitative estimate of drug-likeness (QED) is 0.692. The fraction of sp³-hybridized carbons (Fsp3) is 0.125. The van der Waals surface area contributed by atoms with Crippen LogP contribution in [0.1, 0.15) is 22.0 Å². The number of rotatable bonds is 3. The number of amides is 2. The molecule has 3 aromatic heterocycles. The summed E-state index contributed by atoms with van der Waals surface area (Å²) in [6, 6.07) is 3.00. The molecule has 9 heteroatoms. The highest BCUT2D eigenvalue weighted by Crippen LogP contribution is 2.24. The first-order chi connectivity index (χ1) is 12.0. The number of urea groups is 1. The van der Waals surface area contributed by atoms with Crippen LogP contribution < -0.4 is 16.4 Å². The highest BCUT2D eigenvalue weighted by atomic mass is 32.1. The van der Waals surface area contributed by atoms with Crippen LogP contribution in [0.4, 0.5) is 15.9 Å². The van der Waals surface area contributed by atoms with E-state index in [-0.39, 0.29) is 12.5 Å². The topological polar surface area (TPSA) is 124 Å². The van der Waals surface area contributed by atoms with Gasteiger partial charge in [0.05, 0.1) is 23.2 Å². The molecular weight excluding hydrogens is 340 g/mol. The van der Waals surface area contributed by atoms with E-state index < -0.39 is 6.03 Å². The van der Waals surface area contributed by atoms with Gasteiger partial charge in [-0.25, -0.2) is 19.7 Å². The maximum atomic E-state index is 11.7. The van der Waals surface area contributed by atoms with Crippen molar-refractivity contribution in [3.8, 4) is 11.8 Å². The van der Waals surface area contributed by atoms with Crippen molar-refractivity contribution in [1.82, 2.24) is 15.0 Å². The first-order valence-corrected chi connectivity index (χ1v) is 8.00. The maximum absolute atomic E-state index is 11.7. The number of nitrogen functional groups attached to an aromatic ring is 1. The van der Waals surface area contributed by atoms with E-state index in [9.17, 15) is 4.79 Å². The van der Waals surface area contributed by atoms with Crippen LogP contribution in [0.25, 0.3) is 0 Å². The number of furan rings is 1. The predicted molar refractivity (Wildman–Crippen MR) is 93.7 cm³/mol. The molecule has 4 N–H and O–H groups in total. The van der Waals surface area contributed by atoms with Crippen molar-refractivity contribution in [2.45, 2.75) is 13.5 Å². The molecule has 0 saturated carbocycles. The second-order valence-corrected chi connectivity index (χ2v) is 6.03. The monoisotopic (exact) mass is 354 g/mol. The number of hydrogen-bond donors (Lipinski definition) is 2. The van der Waals surface area contributed by atoms with Crippen molar-refractivity contribution in [3.05, 3.63) is 52.7 Å². The molecule has 2 amide bonds. The van der Waals surface area contributed by atoms with Gasteiger partial charge in [-0.1, -0.05) is 17.3 Å². The number of aryl methyl sites for hydroxylation is 1. The average Bonchev–Trinajstić information content (AvgIpc) is 3.21. The third-order valence-electron chi connectivity index (χ3n) is 3.10. The smallest absolute Gasteiger partial charge is 0.321 e. The second-order valence-electron chi connectivity index (χ2n) is 5.02. The molecule has 0 fully saturated rings. The molecule has 0 aliphatic heterocycles. The Hall–Kier alpha value is -3.38. The molecule has 3 heterocycles. The summed E-state index contributed by atoms with van der Waals surface area (Å²) >= 11 is 1.25. The highest BCUT2D eigenvalue weighted by molar-refractivity contribution is 7.16. The lowest BCUT2D eigenvalue weighted by Crippen LogP contribution is -2.34. The van der Waals surface area contributed by atoms with Crippen molar-refractivity contribution >= 4 is 28.4 Å². The molecule has 8 nitrogen and oxygen atoms in total. The van der Waals surface area contributed by atoms with Crippen LogP contribution in [0.5, 0.6) is 0 Å². The summed E-state index contributed by atoms with van der Waals surface area (Å²) in [5.74, 6) is 7.43. The molecule has 25 heavy (non-hydrogen) atoms. The van der Waals surface area contributed by atoms with Crippen molar-refractivity contribution in [3.63, 3.8) is 0 Å². The fourth-order valence-electron chi connectivity index (χ4n) is 1.95. The Kier molecular flexibility index (Phi) is 4.63. The largest absolute Gasteiger partial charge is 0.464 e. The van der Waals surface area contributed by atoms with Gasteiger partial charge in [-0.2, -0.15) is 0 Å². The Morgan fingerprint density at radius 3 is 2.64 bits per heavy atom. The molecule has 0 aromatic carbocycles. The third-order valence-corrected chi connectivity index (χ3v) is 4.04. The number of thiazole rings is 1. The number of carbonyl (C=O) groups is 1. The molecule has 3 rings (SSSR count). The van der Waals surface area contributed by atoms with Gasteiger partial charge in [-0.05, 0) is 25.0 Å². The zero-order valence-electron chi connectivity index (χ0n) is 13.3. The van der Waals surface area contributed by atoms with Crippen LogP contribution in [-0.2, 0) is 6.54 Å². The molecule has 0 radical (unpaired) electrons. The van der Waals surface area contributed by atoms with Crippen LogP contribution in [-0.4, -0.2) is 21.0 Å². The van der Waals surface area contributed by atoms with E-state index in [1.807, 2.05) is 13.0 Å². The zero-order valence-corrected chi connectivity index (χ0v) is 14.1. The third kappa shape index (κ3) is 4.13. The van der Waals surface area contributed by atoms with Gasteiger partial charge in [0.25, 0.3) is 0 Å². The van der Waals surface area contributed by atoms with E-state index in [1.54, 1.807) is 12.3 Å². The molecular formula is C16H14N6O2S. The van der Waals surface area contributed by atoms with Crippen LogP contribution in [0, 0.1) is 18.8 Å². The molecule has 0 atom stereocenters. The number of hydrogen-bond acceptors (Lipinski definition) is 7. The van der Waals surface area contributed by atoms with Gasteiger partial charge in [0.2, 0.25) is 5.95 Å². The SMILES string of the molecule is Cc1ccc(CN(C(N)=O)c2ncc(C#Cc3cnc(N)nc3)s2)o1. The molecule has 0 unspecified atom stereocenters. The van der Waals surface area contributed by atoms with E-state index in [4.69, 9.17) is 15.9 Å². The summed E-state index contributed by atoms with van der Waals surface area (Å²) in [5.41, 5.74) is 11.5. The Morgan fingerprint density at radius 1 is 1.24 bits per heavy atom. The van der Waals surface area contributed by atoms with Gasteiger partial charge in [0, 0.05) is 12.4 Å². The lowest BCUT2D eigenvalue weighted by molar-refractivity contribution is 0.253. The summed E-state index contributed by atoms with van der Waals surface area (Å²) in [5, 5.41) is 0.444. The van der Waals surface area contributed by atoms with Crippen molar-refractivity contribution in [2.24, 2.45) is 5.73 Å².